The lowest BCUT2D eigenvalue weighted by atomic mass is 10.2. The van der Waals surface area contributed by atoms with Crippen LogP contribution >= 0.6 is 0 Å². The van der Waals surface area contributed by atoms with E-state index in [0.717, 1.165) is 5.56 Å². The molecule has 2 N–H and O–H groups in total. The smallest absolute Gasteiger partial charge is 0.325 e. The van der Waals surface area contributed by atoms with Crippen LogP contribution in [0, 0.1) is 6.92 Å². The fourth-order valence-electron chi connectivity index (χ4n) is 1.34. The molecule has 0 spiro atoms. The zero-order chi connectivity index (χ0) is 13.6. The molecular weight excluding hydrogens is 245 g/mol. The second-order valence-electron chi connectivity index (χ2n) is 3.91. The van der Waals surface area contributed by atoms with Crippen LogP contribution in [0.5, 0.6) is 0 Å². The number of para-hydroxylation sites is 1. The highest BCUT2D eigenvalue weighted by molar-refractivity contribution is 5.92. The van der Waals surface area contributed by atoms with E-state index in [4.69, 9.17) is 0 Å². The van der Waals surface area contributed by atoms with Crippen molar-refractivity contribution in [2.45, 2.75) is 19.5 Å². The zero-order valence-electron chi connectivity index (χ0n) is 9.97. The van der Waals surface area contributed by atoms with Crippen molar-refractivity contribution in [3.63, 3.8) is 0 Å². The molecule has 0 saturated heterocycles. The van der Waals surface area contributed by atoms with Crippen LogP contribution in [0.3, 0.4) is 0 Å². The van der Waals surface area contributed by atoms with Gasteiger partial charge in [-0.25, -0.2) is 0 Å². The minimum Gasteiger partial charge on any atom is -0.325 e. The molecule has 0 saturated carbocycles. The molecular formula is C12H15F3N2O. The molecule has 0 bridgehead atoms. The number of carbonyl (C=O) groups excluding carboxylic acids is 1. The quantitative estimate of drug-likeness (QED) is 0.798. The minimum atomic E-state index is -4.19. The number of amides is 1. The van der Waals surface area contributed by atoms with E-state index in [0.29, 0.717) is 5.69 Å². The van der Waals surface area contributed by atoms with Gasteiger partial charge < -0.3 is 10.6 Å². The van der Waals surface area contributed by atoms with Gasteiger partial charge in [0, 0.05) is 12.2 Å². The van der Waals surface area contributed by atoms with E-state index in [1.165, 1.54) is 0 Å². The van der Waals surface area contributed by atoms with Crippen molar-refractivity contribution in [2.24, 2.45) is 0 Å². The van der Waals surface area contributed by atoms with Crippen LogP contribution in [0.15, 0.2) is 24.3 Å². The van der Waals surface area contributed by atoms with Gasteiger partial charge in [-0.05, 0) is 18.6 Å². The van der Waals surface area contributed by atoms with E-state index in [1.54, 1.807) is 12.1 Å². The van der Waals surface area contributed by atoms with Crippen molar-refractivity contribution < 1.29 is 18.0 Å². The first-order chi connectivity index (χ1) is 8.38. The van der Waals surface area contributed by atoms with E-state index in [-0.39, 0.29) is 19.0 Å². The first-order valence-corrected chi connectivity index (χ1v) is 5.51. The topological polar surface area (TPSA) is 41.1 Å². The van der Waals surface area contributed by atoms with Crippen molar-refractivity contribution >= 4 is 11.6 Å². The Morgan fingerprint density at radius 2 is 1.94 bits per heavy atom. The second-order valence-corrected chi connectivity index (χ2v) is 3.91. The standard InChI is InChI=1S/C12H15F3N2O/c1-9-4-2-3-5-10(9)17-11(18)8-16-7-6-12(13,14)15/h2-5,16H,6-8H2,1H3,(H,17,18). The molecule has 0 fully saturated rings. The Morgan fingerprint density at radius 3 is 2.56 bits per heavy atom. The molecule has 6 heteroatoms. The van der Waals surface area contributed by atoms with Gasteiger partial charge in [0.25, 0.3) is 0 Å². The Bertz CT molecular complexity index is 405. The van der Waals surface area contributed by atoms with Crippen molar-refractivity contribution in [1.29, 1.82) is 0 Å². The number of benzene rings is 1. The van der Waals surface area contributed by atoms with Gasteiger partial charge in [-0.3, -0.25) is 4.79 Å². The van der Waals surface area contributed by atoms with Gasteiger partial charge in [0.1, 0.15) is 0 Å². The van der Waals surface area contributed by atoms with E-state index in [9.17, 15) is 18.0 Å². The molecule has 1 amide bonds. The normalized spacial score (nSPS) is 11.3. The number of alkyl halides is 3. The van der Waals surface area contributed by atoms with Gasteiger partial charge >= 0.3 is 6.18 Å². The van der Waals surface area contributed by atoms with E-state index >= 15 is 0 Å². The monoisotopic (exact) mass is 260 g/mol. The lowest BCUT2D eigenvalue weighted by Gasteiger charge is -2.09. The van der Waals surface area contributed by atoms with E-state index < -0.39 is 12.6 Å². The minimum absolute atomic E-state index is 0.135. The fraction of sp³-hybridized carbons (Fsp3) is 0.417. The Hall–Kier alpha value is -1.56. The molecule has 1 rings (SSSR count). The van der Waals surface area contributed by atoms with Gasteiger partial charge in [-0.1, -0.05) is 18.2 Å². The van der Waals surface area contributed by atoms with Crippen LogP contribution in [-0.4, -0.2) is 25.2 Å². The summed E-state index contributed by atoms with van der Waals surface area (Å²) in [6.45, 7) is 1.45. The predicted octanol–water partition coefficient (Wildman–Crippen LogP) is 2.48. The third-order valence-electron chi connectivity index (χ3n) is 2.29. The number of halogens is 3. The van der Waals surface area contributed by atoms with Crippen molar-refractivity contribution in [3.8, 4) is 0 Å². The summed E-state index contributed by atoms with van der Waals surface area (Å²) in [7, 11) is 0. The Labute approximate surface area is 103 Å². The summed E-state index contributed by atoms with van der Waals surface area (Å²) in [5.41, 5.74) is 1.57. The molecule has 0 aromatic heterocycles. The highest BCUT2D eigenvalue weighted by Gasteiger charge is 2.25. The van der Waals surface area contributed by atoms with Crippen molar-refractivity contribution in [1.82, 2.24) is 5.32 Å². The molecule has 0 atom stereocenters. The number of rotatable bonds is 5. The van der Waals surface area contributed by atoms with Gasteiger partial charge in [-0.15, -0.1) is 0 Å². The summed E-state index contributed by atoms with van der Waals surface area (Å²) in [6, 6.07) is 7.20. The maximum Gasteiger partial charge on any atom is 0.390 e. The SMILES string of the molecule is Cc1ccccc1NC(=O)CNCCC(F)(F)F. The maximum atomic E-state index is 11.8. The molecule has 18 heavy (non-hydrogen) atoms. The lowest BCUT2D eigenvalue weighted by Crippen LogP contribution is -2.30. The summed E-state index contributed by atoms with van der Waals surface area (Å²) < 4.78 is 35.5. The number of anilines is 1. The number of carbonyl (C=O) groups is 1. The third-order valence-corrected chi connectivity index (χ3v) is 2.29. The summed E-state index contributed by atoms with van der Waals surface area (Å²) in [4.78, 5) is 11.4. The summed E-state index contributed by atoms with van der Waals surface area (Å²) >= 11 is 0. The molecule has 1 aromatic rings. The molecule has 1 aromatic carbocycles. The summed E-state index contributed by atoms with van der Waals surface area (Å²) in [6.07, 6.45) is -5.13. The first kappa shape index (κ1) is 14.5. The molecule has 3 nitrogen and oxygen atoms in total. The average molecular weight is 260 g/mol. The fourth-order valence-corrected chi connectivity index (χ4v) is 1.34. The molecule has 100 valence electrons. The number of aryl methyl sites for hydroxylation is 1. The van der Waals surface area contributed by atoms with Crippen LogP contribution < -0.4 is 10.6 Å². The van der Waals surface area contributed by atoms with Crippen molar-refractivity contribution in [3.05, 3.63) is 29.8 Å². The van der Waals surface area contributed by atoms with Gasteiger partial charge in [0.05, 0.1) is 13.0 Å². The predicted molar refractivity (Wildman–Crippen MR) is 63.4 cm³/mol. The van der Waals surface area contributed by atoms with Crippen LogP contribution in [0.25, 0.3) is 0 Å². The largest absolute Gasteiger partial charge is 0.390 e. The Balaban J connectivity index is 2.29. The summed E-state index contributed by atoms with van der Waals surface area (Å²) in [5.74, 6) is -0.355. The lowest BCUT2D eigenvalue weighted by molar-refractivity contribution is -0.134. The van der Waals surface area contributed by atoms with Crippen LogP contribution in [0.1, 0.15) is 12.0 Å². The number of nitrogens with one attached hydrogen (secondary N) is 2. The number of hydrogen-bond donors (Lipinski definition) is 2. The number of hydrogen-bond acceptors (Lipinski definition) is 2. The van der Waals surface area contributed by atoms with Crippen LogP contribution in [-0.2, 0) is 4.79 Å². The first-order valence-electron chi connectivity index (χ1n) is 5.51. The molecule has 0 radical (unpaired) electrons. The van der Waals surface area contributed by atoms with Gasteiger partial charge in [0.15, 0.2) is 0 Å². The third kappa shape index (κ3) is 5.67. The molecule has 0 aliphatic rings. The Kier molecular flexibility index (Phi) is 5.15. The van der Waals surface area contributed by atoms with Gasteiger partial charge in [-0.2, -0.15) is 13.2 Å². The highest BCUT2D eigenvalue weighted by Crippen LogP contribution is 2.18. The zero-order valence-corrected chi connectivity index (χ0v) is 9.97. The molecule has 0 aliphatic carbocycles. The second kappa shape index (κ2) is 6.39. The molecule has 0 unspecified atom stereocenters. The van der Waals surface area contributed by atoms with Crippen LogP contribution in [0.2, 0.25) is 0 Å². The van der Waals surface area contributed by atoms with Crippen LogP contribution in [0.4, 0.5) is 18.9 Å². The maximum absolute atomic E-state index is 11.8. The van der Waals surface area contributed by atoms with E-state index in [2.05, 4.69) is 10.6 Å². The average Bonchev–Trinajstić information content (AvgIpc) is 2.26. The van der Waals surface area contributed by atoms with Crippen molar-refractivity contribution in [2.75, 3.05) is 18.4 Å². The molecule has 0 heterocycles. The highest BCUT2D eigenvalue weighted by atomic mass is 19.4. The summed E-state index contributed by atoms with van der Waals surface area (Å²) in [5, 5.41) is 5.07. The van der Waals surface area contributed by atoms with Gasteiger partial charge in [0.2, 0.25) is 5.91 Å². The Morgan fingerprint density at radius 1 is 1.28 bits per heavy atom. The van der Waals surface area contributed by atoms with E-state index in [1.807, 2.05) is 19.1 Å². The molecule has 0 aliphatic heterocycles.